The molecular weight excluding hydrogens is 243 g/mol. The Balaban J connectivity index is 2.02. The van der Waals surface area contributed by atoms with Crippen LogP contribution in [0.5, 0.6) is 0 Å². The van der Waals surface area contributed by atoms with Crippen LogP contribution in [0.2, 0.25) is 0 Å². The number of hydrogen-bond acceptors (Lipinski definition) is 3. The zero-order valence-electron chi connectivity index (χ0n) is 11.2. The minimum absolute atomic E-state index is 0.120. The van der Waals surface area contributed by atoms with Crippen molar-refractivity contribution in [1.29, 1.82) is 0 Å². The van der Waals surface area contributed by atoms with Gasteiger partial charge in [0.1, 0.15) is 5.82 Å². The van der Waals surface area contributed by atoms with Gasteiger partial charge in [-0.05, 0) is 42.5 Å². The second-order valence-corrected chi connectivity index (χ2v) is 5.49. The van der Waals surface area contributed by atoms with Gasteiger partial charge in [0.2, 0.25) is 0 Å². The van der Waals surface area contributed by atoms with Crippen molar-refractivity contribution in [2.24, 2.45) is 5.73 Å². The summed E-state index contributed by atoms with van der Waals surface area (Å²) in [4.78, 5) is 2.44. The lowest BCUT2D eigenvalue weighted by Gasteiger charge is -2.48. The molecule has 1 aromatic rings. The largest absolute Gasteiger partial charge is 0.379 e. The predicted molar refractivity (Wildman–Crippen MR) is 72.5 cm³/mol. The Morgan fingerprint density at radius 3 is 2.84 bits per heavy atom. The average Bonchev–Trinajstić information content (AvgIpc) is 2.47. The lowest BCUT2D eigenvalue weighted by molar-refractivity contribution is -0.0287. The lowest BCUT2D eigenvalue weighted by Crippen LogP contribution is -2.56. The van der Waals surface area contributed by atoms with E-state index in [0.717, 1.165) is 51.1 Å². The zero-order chi connectivity index (χ0) is 13.3. The molecule has 4 heteroatoms. The van der Waals surface area contributed by atoms with Gasteiger partial charge < -0.3 is 10.5 Å². The molecule has 0 amide bonds. The number of nitrogens with zero attached hydrogens (tertiary/aromatic N) is 1. The van der Waals surface area contributed by atoms with Gasteiger partial charge in [0.25, 0.3) is 0 Å². The number of nitrogens with two attached hydrogens (primary N) is 1. The van der Waals surface area contributed by atoms with Gasteiger partial charge in [-0.15, -0.1) is 0 Å². The van der Waals surface area contributed by atoms with Gasteiger partial charge in [-0.2, -0.15) is 0 Å². The molecule has 3 nitrogen and oxygen atoms in total. The summed E-state index contributed by atoms with van der Waals surface area (Å²) in [6, 6.07) is 5.18. The molecule has 0 bridgehead atoms. The van der Waals surface area contributed by atoms with Crippen LogP contribution in [0.4, 0.5) is 4.39 Å². The first-order valence-corrected chi connectivity index (χ1v) is 7.08. The van der Waals surface area contributed by atoms with Gasteiger partial charge in [-0.3, -0.25) is 4.90 Å². The minimum atomic E-state index is -0.145. The van der Waals surface area contributed by atoms with Crippen LogP contribution in [-0.4, -0.2) is 37.7 Å². The first-order valence-electron chi connectivity index (χ1n) is 7.08. The van der Waals surface area contributed by atoms with E-state index in [2.05, 4.69) is 4.90 Å². The van der Waals surface area contributed by atoms with Gasteiger partial charge >= 0.3 is 0 Å². The molecule has 0 radical (unpaired) electrons. The summed E-state index contributed by atoms with van der Waals surface area (Å²) < 4.78 is 18.9. The van der Waals surface area contributed by atoms with Crippen molar-refractivity contribution in [2.75, 3.05) is 32.8 Å². The molecule has 19 heavy (non-hydrogen) atoms. The van der Waals surface area contributed by atoms with E-state index >= 15 is 0 Å². The molecule has 2 N–H and O–H groups in total. The number of fused-ring (bicyclic) bond motifs is 1. The topological polar surface area (TPSA) is 38.5 Å². The van der Waals surface area contributed by atoms with Crippen LogP contribution < -0.4 is 5.73 Å². The van der Waals surface area contributed by atoms with Crippen LogP contribution >= 0.6 is 0 Å². The first-order chi connectivity index (χ1) is 9.26. The van der Waals surface area contributed by atoms with Crippen LogP contribution in [0.15, 0.2) is 18.2 Å². The monoisotopic (exact) mass is 264 g/mol. The Bertz CT molecular complexity index is 459. The van der Waals surface area contributed by atoms with Gasteiger partial charge in [-0.25, -0.2) is 4.39 Å². The maximum Gasteiger partial charge on any atom is 0.123 e. The van der Waals surface area contributed by atoms with Crippen molar-refractivity contribution in [3.8, 4) is 0 Å². The highest BCUT2D eigenvalue weighted by Gasteiger charge is 2.41. The summed E-state index contributed by atoms with van der Waals surface area (Å²) in [5, 5.41) is 0. The molecule has 1 saturated heterocycles. The highest BCUT2D eigenvalue weighted by Crippen LogP contribution is 2.40. The molecule has 1 aliphatic heterocycles. The molecular formula is C15H21FN2O. The van der Waals surface area contributed by atoms with Gasteiger partial charge in [0, 0.05) is 19.6 Å². The number of benzene rings is 1. The van der Waals surface area contributed by atoms with Crippen molar-refractivity contribution in [3.05, 3.63) is 35.1 Å². The predicted octanol–water partition coefficient (Wildman–Crippen LogP) is 1.65. The van der Waals surface area contributed by atoms with E-state index < -0.39 is 0 Å². The van der Waals surface area contributed by atoms with Crippen molar-refractivity contribution >= 4 is 0 Å². The molecule has 1 fully saturated rings. The molecule has 0 aromatic heterocycles. The second-order valence-electron chi connectivity index (χ2n) is 5.49. The number of morpholine rings is 1. The van der Waals surface area contributed by atoms with Crippen LogP contribution in [0.3, 0.4) is 0 Å². The van der Waals surface area contributed by atoms with Crippen LogP contribution in [0.1, 0.15) is 24.0 Å². The van der Waals surface area contributed by atoms with E-state index in [4.69, 9.17) is 10.5 Å². The molecule has 0 saturated carbocycles. The summed E-state index contributed by atoms with van der Waals surface area (Å²) in [6.07, 6.45) is 3.09. The lowest BCUT2D eigenvalue weighted by atomic mass is 9.75. The molecule has 1 atom stereocenters. The third-order valence-electron chi connectivity index (χ3n) is 4.56. The fourth-order valence-corrected chi connectivity index (χ4v) is 3.59. The van der Waals surface area contributed by atoms with E-state index in [9.17, 15) is 4.39 Å². The molecule has 0 spiro atoms. The van der Waals surface area contributed by atoms with Gasteiger partial charge in [0.15, 0.2) is 0 Å². The van der Waals surface area contributed by atoms with E-state index in [1.54, 1.807) is 12.1 Å². The van der Waals surface area contributed by atoms with E-state index in [1.807, 2.05) is 6.07 Å². The Morgan fingerprint density at radius 1 is 1.32 bits per heavy atom. The quantitative estimate of drug-likeness (QED) is 0.882. The van der Waals surface area contributed by atoms with Crippen LogP contribution in [0.25, 0.3) is 0 Å². The molecule has 1 aromatic carbocycles. The summed E-state index contributed by atoms with van der Waals surface area (Å²) >= 11 is 0. The van der Waals surface area contributed by atoms with Crippen LogP contribution in [0, 0.1) is 5.82 Å². The number of ether oxygens (including phenoxy) is 1. The first kappa shape index (κ1) is 13.0. The maximum absolute atomic E-state index is 13.4. The summed E-state index contributed by atoms with van der Waals surface area (Å²) in [6.45, 7) is 3.93. The normalized spacial score (nSPS) is 28.1. The number of aryl methyl sites for hydroxylation is 1. The Labute approximate surface area is 113 Å². The molecule has 1 heterocycles. The smallest absolute Gasteiger partial charge is 0.123 e. The van der Waals surface area contributed by atoms with Gasteiger partial charge in [0.05, 0.1) is 18.8 Å². The highest BCUT2D eigenvalue weighted by molar-refractivity contribution is 5.37. The standard InChI is InChI=1S/C15H21FN2O/c16-13-3-4-14-12(10-13)2-1-5-15(14,11-17)18-6-8-19-9-7-18/h3-4,10H,1-2,5-9,11,17H2. The maximum atomic E-state index is 13.4. The van der Waals surface area contributed by atoms with Gasteiger partial charge in [-0.1, -0.05) is 6.07 Å². The van der Waals surface area contributed by atoms with Crippen molar-refractivity contribution in [3.63, 3.8) is 0 Å². The SMILES string of the molecule is NCC1(N2CCOCC2)CCCc2cc(F)ccc21. The fraction of sp³-hybridized carbons (Fsp3) is 0.600. The molecule has 1 aliphatic carbocycles. The Hall–Kier alpha value is -0.970. The minimum Gasteiger partial charge on any atom is -0.379 e. The van der Waals surface area contributed by atoms with E-state index in [0.29, 0.717) is 6.54 Å². The summed E-state index contributed by atoms with van der Waals surface area (Å²) in [7, 11) is 0. The number of hydrogen-bond donors (Lipinski definition) is 1. The fourth-order valence-electron chi connectivity index (χ4n) is 3.59. The third-order valence-corrected chi connectivity index (χ3v) is 4.56. The Morgan fingerprint density at radius 2 is 2.11 bits per heavy atom. The van der Waals surface area contributed by atoms with Crippen molar-refractivity contribution in [1.82, 2.24) is 4.90 Å². The zero-order valence-corrected chi connectivity index (χ0v) is 11.2. The number of halogens is 1. The highest BCUT2D eigenvalue weighted by atomic mass is 19.1. The van der Waals surface area contributed by atoms with E-state index in [1.165, 1.54) is 5.56 Å². The average molecular weight is 264 g/mol. The molecule has 1 unspecified atom stereocenters. The summed E-state index contributed by atoms with van der Waals surface area (Å²) in [5.74, 6) is -0.145. The van der Waals surface area contributed by atoms with E-state index in [-0.39, 0.29) is 11.4 Å². The second kappa shape index (κ2) is 5.19. The molecule has 2 aliphatic rings. The van der Waals surface area contributed by atoms with Crippen molar-refractivity contribution in [2.45, 2.75) is 24.8 Å². The molecule has 104 valence electrons. The summed E-state index contributed by atoms with van der Waals surface area (Å²) in [5.41, 5.74) is 8.38. The molecule has 3 rings (SSSR count). The van der Waals surface area contributed by atoms with Crippen LogP contribution in [-0.2, 0) is 16.7 Å². The number of rotatable bonds is 2. The Kier molecular flexibility index (Phi) is 3.56. The third kappa shape index (κ3) is 2.18. The van der Waals surface area contributed by atoms with Crippen molar-refractivity contribution < 1.29 is 9.13 Å².